The molecule has 0 aliphatic rings. The first-order valence-electron chi connectivity index (χ1n) is 4.44. The monoisotopic (exact) mass is 226 g/mol. The first kappa shape index (κ1) is 10.2. The molecule has 1 atom stereocenters. The second-order valence-corrected chi connectivity index (χ2v) is 3.73. The average Bonchev–Trinajstić information content (AvgIpc) is 2.73. The van der Waals surface area contributed by atoms with Gasteiger partial charge < -0.3 is 5.11 Å². The molecular weight excluding hydrogens is 216 g/mol. The fourth-order valence-corrected chi connectivity index (χ4v) is 1.72. The summed E-state index contributed by atoms with van der Waals surface area (Å²) in [6, 6.07) is 1.74. The normalized spacial score (nSPS) is 13.1. The Hall–Kier alpha value is -1.33. The molecule has 5 nitrogen and oxygen atoms in total. The van der Waals surface area contributed by atoms with Crippen molar-refractivity contribution in [2.24, 2.45) is 14.1 Å². The van der Waals surface area contributed by atoms with Gasteiger partial charge in [0.25, 0.3) is 0 Å². The average molecular weight is 227 g/mol. The number of nitrogens with zero attached hydrogens (tertiary/aromatic N) is 4. The Kier molecular flexibility index (Phi) is 2.50. The van der Waals surface area contributed by atoms with Crippen LogP contribution in [0.1, 0.15) is 17.5 Å². The van der Waals surface area contributed by atoms with Crippen LogP contribution in [-0.2, 0) is 14.1 Å². The highest BCUT2D eigenvalue weighted by Gasteiger charge is 2.20. The van der Waals surface area contributed by atoms with Crippen LogP contribution in [0.25, 0.3) is 0 Å². The molecule has 0 aliphatic carbocycles. The van der Waals surface area contributed by atoms with Gasteiger partial charge in [-0.05, 0) is 6.07 Å². The Morgan fingerprint density at radius 3 is 2.67 bits per heavy atom. The van der Waals surface area contributed by atoms with Crippen molar-refractivity contribution >= 4 is 11.6 Å². The highest BCUT2D eigenvalue weighted by atomic mass is 35.5. The molecule has 2 heterocycles. The minimum atomic E-state index is -0.841. The number of aliphatic hydroxyl groups is 1. The van der Waals surface area contributed by atoms with Crippen LogP contribution < -0.4 is 0 Å². The van der Waals surface area contributed by atoms with E-state index in [0.29, 0.717) is 16.4 Å². The van der Waals surface area contributed by atoms with Gasteiger partial charge in [0.2, 0.25) is 0 Å². The quantitative estimate of drug-likeness (QED) is 0.828. The fourth-order valence-electron chi connectivity index (χ4n) is 1.45. The number of aliphatic hydroxyl groups excluding tert-OH is 1. The molecule has 2 rings (SSSR count). The van der Waals surface area contributed by atoms with Crippen LogP contribution in [-0.4, -0.2) is 24.7 Å². The van der Waals surface area contributed by atoms with Gasteiger partial charge in [0, 0.05) is 20.3 Å². The first-order valence-corrected chi connectivity index (χ1v) is 4.82. The van der Waals surface area contributed by atoms with Gasteiger partial charge >= 0.3 is 0 Å². The van der Waals surface area contributed by atoms with Crippen LogP contribution in [0.2, 0.25) is 5.02 Å². The number of rotatable bonds is 2. The Labute approximate surface area is 91.9 Å². The highest BCUT2D eigenvalue weighted by Crippen LogP contribution is 2.26. The van der Waals surface area contributed by atoms with E-state index in [1.54, 1.807) is 35.7 Å². The van der Waals surface area contributed by atoms with Crippen LogP contribution in [0.3, 0.4) is 0 Å². The van der Waals surface area contributed by atoms with Gasteiger partial charge in [-0.15, -0.1) is 0 Å². The van der Waals surface area contributed by atoms with Crippen LogP contribution in [0.4, 0.5) is 0 Å². The standard InChI is InChI=1S/C9H11ClN4O/c1-13-4-3-7(12-13)9(15)8-6(10)5-11-14(8)2/h3-5,9,15H,1-2H3. The van der Waals surface area contributed by atoms with Crippen molar-refractivity contribution in [2.75, 3.05) is 0 Å². The van der Waals surface area contributed by atoms with Crippen molar-refractivity contribution in [2.45, 2.75) is 6.10 Å². The van der Waals surface area contributed by atoms with E-state index in [4.69, 9.17) is 11.6 Å². The van der Waals surface area contributed by atoms with Crippen molar-refractivity contribution in [3.63, 3.8) is 0 Å². The summed E-state index contributed by atoms with van der Waals surface area (Å²) in [6.45, 7) is 0. The van der Waals surface area contributed by atoms with Gasteiger partial charge in [0.05, 0.1) is 22.6 Å². The molecule has 0 radical (unpaired) electrons. The Bertz CT molecular complexity index is 457. The molecule has 6 heteroatoms. The molecular formula is C9H11ClN4O. The van der Waals surface area contributed by atoms with Gasteiger partial charge in [-0.1, -0.05) is 11.6 Å². The largest absolute Gasteiger partial charge is 0.380 e. The summed E-state index contributed by atoms with van der Waals surface area (Å²) in [4.78, 5) is 0. The highest BCUT2D eigenvalue weighted by molar-refractivity contribution is 6.31. The molecule has 15 heavy (non-hydrogen) atoms. The maximum Gasteiger partial charge on any atom is 0.141 e. The molecule has 0 saturated heterocycles. The summed E-state index contributed by atoms with van der Waals surface area (Å²) in [5.74, 6) is 0. The summed E-state index contributed by atoms with van der Waals surface area (Å²) in [6.07, 6.45) is 2.43. The molecule has 0 spiro atoms. The van der Waals surface area contributed by atoms with Gasteiger partial charge in [0.15, 0.2) is 0 Å². The lowest BCUT2D eigenvalue weighted by molar-refractivity contribution is 0.204. The van der Waals surface area contributed by atoms with E-state index in [9.17, 15) is 5.11 Å². The lowest BCUT2D eigenvalue weighted by Crippen LogP contribution is -2.08. The van der Waals surface area contributed by atoms with E-state index in [-0.39, 0.29) is 0 Å². The SMILES string of the molecule is Cn1ccc(C(O)c2c(Cl)cnn2C)n1. The van der Waals surface area contributed by atoms with Crippen molar-refractivity contribution in [1.29, 1.82) is 0 Å². The summed E-state index contributed by atoms with van der Waals surface area (Å²) in [5.41, 5.74) is 1.11. The van der Waals surface area contributed by atoms with E-state index in [1.807, 2.05) is 0 Å². The predicted molar refractivity (Wildman–Crippen MR) is 55.5 cm³/mol. The summed E-state index contributed by atoms with van der Waals surface area (Å²) < 4.78 is 3.17. The van der Waals surface area contributed by atoms with Gasteiger partial charge in [-0.25, -0.2) is 0 Å². The van der Waals surface area contributed by atoms with Gasteiger partial charge in [-0.2, -0.15) is 10.2 Å². The van der Waals surface area contributed by atoms with E-state index >= 15 is 0 Å². The third kappa shape index (κ3) is 1.75. The van der Waals surface area contributed by atoms with Crippen LogP contribution in [0, 0.1) is 0 Å². The first-order chi connectivity index (χ1) is 7.09. The van der Waals surface area contributed by atoms with Crippen LogP contribution in [0.15, 0.2) is 18.5 Å². The van der Waals surface area contributed by atoms with Gasteiger partial charge in [-0.3, -0.25) is 9.36 Å². The second kappa shape index (κ2) is 3.67. The van der Waals surface area contributed by atoms with E-state index in [0.717, 1.165) is 0 Å². The zero-order chi connectivity index (χ0) is 11.0. The smallest absolute Gasteiger partial charge is 0.141 e. The summed E-state index contributed by atoms with van der Waals surface area (Å²) in [7, 11) is 3.52. The number of aromatic nitrogens is 4. The number of hydrogen-bond donors (Lipinski definition) is 1. The lowest BCUT2D eigenvalue weighted by Gasteiger charge is -2.08. The van der Waals surface area contributed by atoms with E-state index in [1.165, 1.54) is 6.20 Å². The third-order valence-corrected chi connectivity index (χ3v) is 2.50. The van der Waals surface area contributed by atoms with Crippen LogP contribution in [0.5, 0.6) is 0 Å². The fraction of sp³-hybridized carbons (Fsp3) is 0.333. The molecule has 80 valence electrons. The number of halogens is 1. The molecule has 2 aromatic heterocycles. The lowest BCUT2D eigenvalue weighted by atomic mass is 10.2. The molecule has 1 N–H and O–H groups in total. The molecule has 0 amide bonds. The molecule has 0 aromatic carbocycles. The predicted octanol–water partition coefficient (Wildman–Crippen LogP) is 0.889. The van der Waals surface area contributed by atoms with Crippen molar-refractivity contribution in [3.8, 4) is 0 Å². The molecule has 2 aromatic rings. The minimum absolute atomic E-state index is 0.440. The number of hydrogen-bond acceptors (Lipinski definition) is 3. The zero-order valence-electron chi connectivity index (χ0n) is 8.42. The summed E-state index contributed by atoms with van der Waals surface area (Å²) in [5, 5.41) is 18.6. The Balaban J connectivity index is 2.40. The zero-order valence-corrected chi connectivity index (χ0v) is 9.18. The topological polar surface area (TPSA) is 55.9 Å². The van der Waals surface area contributed by atoms with E-state index in [2.05, 4.69) is 10.2 Å². The number of aryl methyl sites for hydroxylation is 2. The van der Waals surface area contributed by atoms with E-state index < -0.39 is 6.10 Å². The maximum absolute atomic E-state index is 10.0. The maximum atomic E-state index is 10.0. The third-order valence-electron chi connectivity index (χ3n) is 2.21. The van der Waals surface area contributed by atoms with Crippen molar-refractivity contribution in [3.05, 3.63) is 34.9 Å². The van der Waals surface area contributed by atoms with Crippen molar-refractivity contribution < 1.29 is 5.11 Å². The Morgan fingerprint density at radius 1 is 1.47 bits per heavy atom. The second-order valence-electron chi connectivity index (χ2n) is 3.32. The molecule has 0 saturated carbocycles. The van der Waals surface area contributed by atoms with Crippen molar-refractivity contribution in [1.82, 2.24) is 19.6 Å². The van der Waals surface area contributed by atoms with Crippen LogP contribution >= 0.6 is 11.6 Å². The molecule has 1 unspecified atom stereocenters. The molecule has 0 fully saturated rings. The molecule has 0 aliphatic heterocycles. The Morgan fingerprint density at radius 2 is 2.20 bits per heavy atom. The summed E-state index contributed by atoms with van der Waals surface area (Å²) >= 11 is 5.92. The molecule has 0 bridgehead atoms. The van der Waals surface area contributed by atoms with Gasteiger partial charge in [0.1, 0.15) is 6.10 Å². The minimum Gasteiger partial charge on any atom is -0.380 e.